The number of hydrogen-bond acceptors (Lipinski definition) is 0. The molecule has 1 aromatic heterocycles. The molecule has 0 spiro atoms. The first kappa shape index (κ1) is 10.7. The molecule has 0 aliphatic carbocycles. The van der Waals surface area contributed by atoms with Gasteiger partial charge in [-0.1, -0.05) is 37.3 Å². The Balaban J connectivity index is 0.000000963. The maximum absolute atomic E-state index is 2.26. The predicted octanol–water partition coefficient (Wildman–Crippen LogP) is 4.28. The van der Waals surface area contributed by atoms with Gasteiger partial charge in [0.15, 0.2) is 0 Å². The zero-order valence-corrected chi connectivity index (χ0v) is 8.99. The average molecular weight is 211 g/mol. The largest absolute Gasteiger partial charge is 0.344 e. The fraction of sp³-hybridized carbons (Fsp3) is 0.200. The van der Waals surface area contributed by atoms with Crippen molar-refractivity contribution in [1.29, 1.82) is 0 Å². The third-order valence-electron chi connectivity index (χ3n) is 3.07. The summed E-state index contributed by atoms with van der Waals surface area (Å²) >= 11 is 0. The van der Waals surface area contributed by atoms with Gasteiger partial charge in [-0.3, -0.25) is 0 Å². The first-order chi connectivity index (χ1) is 7.27. The fourth-order valence-electron chi connectivity index (χ4n) is 2.28. The standard InChI is InChI=1S/C14H13N.CH4/c1-10-7-8-14-12(9-10)11-5-3-4-6-13(11)15(14)2;/h3-9H,1-2H3;1H4. The second kappa shape index (κ2) is 3.67. The zero-order chi connectivity index (χ0) is 10.4. The summed E-state index contributed by atoms with van der Waals surface area (Å²) in [5.74, 6) is 0. The number of aromatic nitrogens is 1. The highest BCUT2D eigenvalue weighted by atomic mass is 14.9. The van der Waals surface area contributed by atoms with Crippen molar-refractivity contribution >= 4 is 21.8 Å². The van der Waals surface area contributed by atoms with Crippen molar-refractivity contribution in [2.24, 2.45) is 7.05 Å². The van der Waals surface area contributed by atoms with Gasteiger partial charge in [-0.05, 0) is 25.1 Å². The second-order valence-corrected chi connectivity index (χ2v) is 4.10. The van der Waals surface area contributed by atoms with E-state index < -0.39 is 0 Å². The van der Waals surface area contributed by atoms with Crippen molar-refractivity contribution in [3.8, 4) is 0 Å². The molecule has 3 aromatic rings. The summed E-state index contributed by atoms with van der Waals surface area (Å²) in [7, 11) is 2.12. The molecule has 0 N–H and O–H groups in total. The molecule has 16 heavy (non-hydrogen) atoms. The Hall–Kier alpha value is -1.76. The van der Waals surface area contributed by atoms with Crippen LogP contribution < -0.4 is 0 Å². The number of hydrogen-bond donors (Lipinski definition) is 0. The molecule has 1 heteroatoms. The van der Waals surface area contributed by atoms with E-state index in [1.807, 2.05) is 0 Å². The van der Waals surface area contributed by atoms with Crippen LogP contribution in [0, 0.1) is 6.92 Å². The van der Waals surface area contributed by atoms with Crippen molar-refractivity contribution in [2.45, 2.75) is 14.4 Å². The van der Waals surface area contributed by atoms with Crippen LogP contribution in [0.15, 0.2) is 42.5 Å². The molecular formula is C15H17N. The molecule has 2 aromatic carbocycles. The minimum absolute atomic E-state index is 0. The van der Waals surface area contributed by atoms with Crippen LogP contribution in [0.3, 0.4) is 0 Å². The lowest BCUT2D eigenvalue weighted by molar-refractivity contribution is 1.01. The van der Waals surface area contributed by atoms with Crippen molar-refractivity contribution in [1.82, 2.24) is 4.57 Å². The van der Waals surface area contributed by atoms with Crippen LogP contribution >= 0.6 is 0 Å². The first-order valence-corrected chi connectivity index (χ1v) is 5.21. The van der Waals surface area contributed by atoms with E-state index in [0.717, 1.165) is 0 Å². The highest BCUT2D eigenvalue weighted by molar-refractivity contribution is 6.08. The zero-order valence-electron chi connectivity index (χ0n) is 8.99. The molecule has 0 saturated carbocycles. The maximum Gasteiger partial charge on any atom is 0.0488 e. The maximum atomic E-state index is 2.26. The Morgan fingerprint density at radius 2 is 1.56 bits per heavy atom. The third kappa shape index (κ3) is 1.32. The van der Waals surface area contributed by atoms with Crippen LogP contribution in [-0.2, 0) is 7.05 Å². The Labute approximate surface area is 96.3 Å². The molecule has 0 aliphatic heterocycles. The lowest BCUT2D eigenvalue weighted by atomic mass is 10.1. The molecule has 0 radical (unpaired) electrons. The Kier molecular flexibility index (Phi) is 2.47. The highest BCUT2D eigenvalue weighted by Crippen LogP contribution is 2.28. The lowest BCUT2D eigenvalue weighted by Gasteiger charge is -1.97. The summed E-state index contributed by atoms with van der Waals surface area (Å²) < 4.78 is 2.25. The molecule has 82 valence electrons. The summed E-state index contributed by atoms with van der Waals surface area (Å²) in [5, 5.41) is 2.70. The average Bonchev–Trinajstić information content (AvgIpc) is 2.54. The molecule has 0 bridgehead atoms. The van der Waals surface area contributed by atoms with Gasteiger partial charge in [-0.15, -0.1) is 0 Å². The van der Waals surface area contributed by atoms with Crippen LogP contribution in [-0.4, -0.2) is 4.57 Å². The van der Waals surface area contributed by atoms with E-state index in [-0.39, 0.29) is 7.43 Å². The van der Waals surface area contributed by atoms with Crippen LogP contribution in [0.1, 0.15) is 13.0 Å². The molecule has 1 nitrogen and oxygen atoms in total. The van der Waals surface area contributed by atoms with E-state index in [1.54, 1.807) is 0 Å². The first-order valence-electron chi connectivity index (χ1n) is 5.21. The van der Waals surface area contributed by atoms with E-state index in [9.17, 15) is 0 Å². The van der Waals surface area contributed by atoms with E-state index in [2.05, 4.69) is 61.0 Å². The number of benzene rings is 2. The number of fused-ring (bicyclic) bond motifs is 3. The van der Waals surface area contributed by atoms with E-state index >= 15 is 0 Å². The molecule has 0 amide bonds. The Bertz CT molecular complexity index is 647. The number of aryl methyl sites for hydroxylation is 2. The number of rotatable bonds is 0. The summed E-state index contributed by atoms with van der Waals surface area (Å²) in [6.45, 7) is 2.14. The molecule has 3 rings (SSSR count). The molecular weight excluding hydrogens is 194 g/mol. The molecule has 0 aliphatic rings. The van der Waals surface area contributed by atoms with Gasteiger partial charge in [-0.25, -0.2) is 0 Å². The SMILES string of the molecule is C.Cc1ccc2c(c1)c1ccccc1n2C. The highest BCUT2D eigenvalue weighted by Gasteiger charge is 2.06. The van der Waals surface area contributed by atoms with Gasteiger partial charge in [0.05, 0.1) is 0 Å². The summed E-state index contributed by atoms with van der Waals surface area (Å²) in [6, 6.07) is 15.2. The quantitative estimate of drug-likeness (QED) is 0.523. The monoisotopic (exact) mass is 211 g/mol. The van der Waals surface area contributed by atoms with Crippen LogP contribution in [0.5, 0.6) is 0 Å². The molecule has 0 atom stereocenters. The minimum Gasteiger partial charge on any atom is -0.344 e. The van der Waals surface area contributed by atoms with E-state index in [0.29, 0.717) is 0 Å². The topological polar surface area (TPSA) is 4.93 Å². The van der Waals surface area contributed by atoms with Gasteiger partial charge >= 0.3 is 0 Å². The Morgan fingerprint density at radius 3 is 2.38 bits per heavy atom. The minimum atomic E-state index is 0. The van der Waals surface area contributed by atoms with Gasteiger partial charge in [0.25, 0.3) is 0 Å². The van der Waals surface area contributed by atoms with Gasteiger partial charge in [0, 0.05) is 28.9 Å². The number of para-hydroxylation sites is 1. The molecule has 1 heterocycles. The van der Waals surface area contributed by atoms with Crippen LogP contribution in [0.25, 0.3) is 21.8 Å². The van der Waals surface area contributed by atoms with Crippen LogP contribution in [0.2, 0.25) is 0 Å². The van der Waals surface area contributed by atoms with Gasteiger partial charge in [0.2, 0.25) is 0 Å². The fourth-order valence-corrected chi connectivity index (χ4v) is 2.28. The molecule has 0 unspecified atom stereocenters. The second-order valence-electron chi connectivity index (χ2n) is 4.10. The van der Waals surface area contributed by atoms with Gasteiger partial charge < -0.3 is 4.57 Å². The van der Waals surface area contributed by atoms with Crippen molar-refractivity contribution in [2.75, 3.05) is 0 Å². The molecule has 0 saturated heterocycles. The van der Waals surface area contributed by atoms with Gasteiger partial charge in [0.1, 0.15) is 0 Å². The predicted molar refractivity (Wildman–Crippen MR) is 71.9 cm³/mol. The summed E-state index contributed by atoms with van der Waals surface area (Å²) in [6.07, 6.45) is 0. The summed E-state index contributed by atoms with van der Waals surface area (Å²) in [4.78, 5) is 0. The Morgan fingerprint density at radius 1 is 0.875 bits per heavy atom. The van der Waals surface area contributed by atoms with Gasteiger partial charge in [-0.2, -0.15) is 0 Å². The third-order valence-corrected chi connectivity index (χ3v) is 3.07. The van der Waals surface area contributed by atoms with Crippen molar-refractivity contribution in [3.05, 3.63) is 48.0 Å². The normalized spacial score (nSPS) is 10.6. The van der Waals surface area contributed by atoms with E-state index in [4.69, 9.17) is 0 Å². The summed E-state index contributed by atoms with van der Waals surface area (Å²) in [5.41, 5.74) is 3.93. The van der Waals surface area contributed by atoms with E-state index in [1.165, 1.54) is 27.4 Å². The lowest BCUT2D eigenvalue weighted by Crippen LogP contribution is -1.85. The smallest absolute Gasteiger partial charge is 0.0488 e. The van der Waals surface area contributed by atoms with Crippen molar-refractivity contribution < 1.29 is 0 Å². The molecule has 0 fully saturated rings. The van der Waals surface area contributed by atoms with Crippen LogP contribution in [0.4, 0.5) is 0 Å². The number of nitrogens with zero attached hydrogens (tertiary/aromatic N) is 1. The van der Waals surface area contributed by atoms with Crippen molar-refractivity contribution in [3.63, 3.8) is 0 Å².